The van der Waals surface area contributed by atoms with Crippen molar-refractivity contribution in [3.8, 4) is 0 Å². The van der Waals surface area contributed by atoms with Crippen molar-refractivity contribution < 1.29 is 4.79 Å². The van der Waals surface area contributed by atoms with Gasteiger partial charge in [0.25, 0.3) is 5.91 Å². The summed E-state index contributed by atoms with van der Waals surface area (Å²) in [6.07, 6.45) is 3.08. The Morgan fingerprint density at radius 3 is 2.62 bits per heavy atom. The number of amides is 1. The minimum absolute atomic E-state index is 0.00361. The maximum absolute atomic E-state index is 11.6. The molecule has 1 amide bonds. The zero-order valence-corrected chi connectivity index (χ0v) is 11.5. The van der Waals surface area contributed by atoms with Crippen LogP contribution in [0.4, 0.5) is 5.82 Å². The number of nitrogens with two attached hydrogens (primary N) is 2. The monoisotopic (exact) mass is 281 g/mol. The molecule has 4 N–H and O–H groups in total. The molecule has 0 aliphatic rings. The second-order valence-corrected chi connectivity index (χ2v) is 4.86. The van der Waals surface area contributed by atoms with Crippen molar-refractivity contribution in [3.63, 3.8) is 0 Å². The molecule has 6 heteroatoms. The average Bonchev–Trinajstić information content (AvgIpc) is 2.88. The molecule has 3 rings (SSSR count). The molecular weight excluding hydrogens is 266 g/mol. The molecule has 0 saturated heterocycles. The molecule has 0 spiro atoms. The maximum atomic E-state index is 11.6. The molecular formula is C15H15N5O. The molecule has 1 atom stereocenters. The van der Waals surface area contributed by atoms with Crippen LogP contribution in [0, 0.1) is 0 Å². The number of carbonyl (C=O) groups is 1. The van der Waals surface area contributed by atoms with E-state index in [0.717, 1.165) is 5.56 Å². The predicted molar refractivity (Wildman–Crippen MR) is 80.7 cm³/mol. The fourth-order valence-electron chi connectivity index (χ4n) is 2.48. The topological polar surface area (TPSA) is 99.8 Å². The molecule has 21 heavy (non-hydrogen) atoms. The first kappa shape index (κ1) is 13.1. The van der Waals surface area contributed by atoms with Gasteiger partial charge in [0, 0.05) is 6.20 Å². The molecule has 0 aliphatic heterocycles. The summed E-state index contributed by atoms with van der Waals surface area (Å²) in [4.78, 5) is 19.8. The lowest BCUT2D eigenvalue weighted by atomic mass is 10.1. The number of hydrogen-bond donors (Lipinski definition) is 2. The van der Waals surface area contributed by atoms with Gasteiger partial charge in [-0.15, -0.1) is 0 Å². The summed E-state index contributed by atoms with van der Waals surface area (Å²) >= 11 is 0. The molecule has 0 bridgehead atoms. The van der Waals surface area contributed by atoms with Crippen LogP contribution in [0.5, 0.6) is 0 Å². The summed E-state index contributed by atoms with van der Waals surface area (Å²) in [5, 5.41) is 0.507. The Hall–Kier alpha value is -2.89. The van der Waals surface area contributed by atoms with E-state index in [1.165, 1.54) is 6.33 Å². The number of nitrogens with zero attached hydrogens (tertiary/aromatic N) is 3. The number of rotatable bonds is 3. The molecule has 0 saturated carbocycles. The van der Waals surface area contributed by atoms with E-state index in [-0.39, 0.29) is 11.9 Å². The molecule has 0 radical (unpaired) electrons. The predicted octanol–water partition coefficient (Wildman–Crippen LogP) is 1.72. The van der Waals surface area contributed by atoms with E-state index in [1.54, 1.807) is 6.20 Å². The largest absolute Gasteiger partial charge is 0.383 e. The van der Waals surface area contributed by atoms with E-state index in [1.807, 2.05) is 41.8 Å². The van der Waals surface area contributed by atoms with Gasteiger partial charge in [0.1, 0.15) is 17.8 Å². The standard InChI is InChI=1S/C15H15N5O/c1-9(10-5-3-2-4-6-10)20-7-11(14(17)21)12-13(16)18-8-19-15(12)20/h2-9H,1H3,(H2,17,21)(H2,16,18,19). The Morgan fingerprint density at radius 1 is 1.24 bits per heavy atom. The van der Waals surface area contributed by atoms with E-state index in [4.69, 9.17) is 11.5 Å². The third-order valence-electron chi connectivity index (χ3n) is 3.60. The van der Waals surface area contributed by atoms with Gasteiger partial charge in [-0.3, -0.25) is 4.79 Å². The van der Waals surface area contributed by atoms with Gasteiger partial charge in [-0.25, -0.2) is 9.97 Å². The molecule has 6 nitrogen and oxygen atoms in total. The van der Waals surface area contributed by atoms with Gasteiger partial charge < -0.3 is 16.0 Å². The normalized spacial score (nSPS) is 12.4. The maximum Gasteiger partial charge on any atom is 0.251 e. The molecule has 1 unspecified atom stereocenters. The van der Waals surface area contributed by atoms with Crippen LogP contribution in [0.1, 0.15) is 28.9 Å². The van der Waals surface area contributed by atoms with Gasteiger partial charge in [-0.1, -0.05) is 30.3 Å². The molecule has 2 heterocycles. The number of anilines is 1. The fourth-order valence-corrected chi connectivity index (χ4v) is 2.48. The summed E-state index contributed by atoms with van der Waals surface area (Å²) < 4.78 is 1.89. The van der Waals surface area contributed by atoms with E-state index in [2.05, 4.69) is 9.97 Å². The van der Waals surface area contributed by atoms with Crippen LogP contribution < -0.4 is 11.5 Å². The Balaban J connectivity index is 2.24. The smallest absolute Gasteiger partial charge is 0.251 e. The number of benzene rings is 1. The molecule has 0 fully saturated rings. The lowest BCUT2D eigenvalue weighted by molar-refractivity contribution is 0.100. The highest BCUT2D eigenvalue weighted by Crippen LogP contribution is 2.28. The molecule has 0 aliphatic carbocycles. The van der Waals surface area contributed by atoms with E-state index in [0.29, 0.717) is 16.6 Å². The first-order chi connectivity index (χ1) is 10.1. The summed E-state index contributed by atoms with van der Waals surface area (Å²) in [6.45, 7) is 2.03. The van der Waals surface area contributed by atoms with Crippen LogP contribution in [0.25, 0.3) is 11.0 Å². The Kier molecular flexibility index (Phi) is 3.06. The highest BCUT2D eigenvalue weighted by Gasteiger charge is 2.20. The summed E-state index contributed by atoms with van der Waals surface area (Å²) in [6, 6.07) is 9.93. The van der Waals surface area contributed by atoms with Gasteiger partial charge in [0.15, 0.2) is 0 Å². The third-order valence-corrected chi connectivity index (χ3v) is 3.60. The van der Waals surface area contributed by atoms with Crippen molar-refractivity contribution in [2.45, 2.75) is 13.0 Å². The molecule has 106 valence electrons. The zero-order chi connectivity index (χ0) is 15.0. The number of hydrogen-bond acceptors (Lipinski definition) is 4. The molecule has 2 aromatic heterocycles. The summed E-state index contributed by atoms with van der Waals surface area (Å²) in [7, 11) is 0. The lowest BCUT2D eigenvalue weighted by Gasteiger charge is -2.15. The first-order valence-electron chi connectivity index (χ1n) is 6.55. The number of aromatic nitrogens is 3. The van der Waals surface area contributed by atoms with Gasteiger partial charge >= 0.3 is 0 Å². The van der Waals surface area contributed by atoms with Crippen molar-refractivity contribution in [2.24, 2.45) is 5.73 Å². The van der Waals surface area contributed by atoms with Crippen molar-refractivity contribution in [3.05, 3.63) is 54.0 Å². The average molecular weight is 281 g/mol. The number of fused-ring (bicyclic) bond motifs is 1. The number of carbonyl (C=O) groups excluding carboxylic acids is 1. The quantitative estimate of drug-likeness (QED) is 0.763. The summed E-state index contributed by atoms with van der Waals surface area (Å²) in [5.41, 5.74) is 13.4. The Labute approximate surface area is 121 Å². The van der Waals surface area contributed by atoms with E-state index < -0.39 is 5.91 Å². The zero-order valence-electron chi connectivity index (χ0n) is 11.5. The minimum Gasteiger partial charge on any atom is -0.383 e. The van der Waals surface area contributed by atoms with Crippen LogP contribution in [-0.4, -0.2) is 20.4 Å². The van der Waals surface area contributed by atoms with E-state index in [9.17, 15) is 4.79 Å². The highest BCUT2D eigenvalue weighted by molar-refractivity contribution is 6.08. The van der Waals surface area contributed by atoms with Crippen LogP contribution in [0.2, 0.25) is 0 Å². The molecule has 1 aromatic carbocycles. The van der Waals surface area contributed by atoms with Gasteiger partial charge in [0.05, 0.1) is 17.0 Å². The van der Waals surface area contributed by atoms with Gasteiger partial charge in [-0.2, -0.15) is 0 Å². The second kappa shape index (κ2) is 4.90. The SMILES string of the molecule is CC(c1ccccc1)n1cc(C(N)=O)c2c(N)ncnc21. The third kappa shape index (κ3) is 2.10. The van der Waals surface area contributed by atoms with Crippen LogP contribution >= 0.6 is 0 Å². The minimum atomic E-state index is -0.541. The first-order valence-corrected chi connectivity index (χ1v) is 6.55. The number of primary amides is 1. The Morgan fingerprint density at radius 2 is 1.95 bits per heavy atom. The molecule has 3 aromatic rings. The van der Waals surface area contributed by atoms with Gasteiger partial charge in [-0.05, 0) is 12.5 Å². The highest BCUT2D eigenvalue weighted by atomic mass is 16.1. The lowest BCUT2D eigenvalue weighted by Crippen LogP contribution is -2.11. The van der Waals surface area contributed by atoms with Crippen LogP contribution in [0.15, 0.2) is 42.9 Å². The Bertz CT molecular complexity index is 810. The van der Waals surface area contributed by atoms with E-state index >= 15 is 0 Å². The second-order valence-electron chi connectivity index (χ2n) is 4.86. The van der Waals surface area contributed by atoms with Crippen molar-refractivity contribution in [2.75, 3.05) is 5.73 Å². The van der Waals surface area contributed by atoms with Crippen molar-refractivity contribution >= 4 is 22.8 Å². The van der Waals surface area contributed by atoms with Crippen molar-refractivity contribution in [1.82, 2.24) is 14.5 Å². The number of nitrogen functional groups attached to an aromatic ring is 1. The fraction of sp³-hybridized carbons (Fsp3) is 0.133. The van der Waals surface area contributed by atoms with Crippen LogP contribution in [0.3, 0.4) is 0 Å². The van der Waals surface area contributed by atoms with Crippen LogP contribution in [-0.2, 0) is 0 Å². The van der Waals surface area contributed by atoms with Gasteiger partial charge in [0.2, 0.25) is 0 Å². The van der Waals surface area contributed by atoms with Crippen molar-refractivity contribution in [1.29, 1.82) is 0 Å². The summed E-state index contributed by atoms with van der Waals surface area (Å²) in [5.74, 6) is -0.284.